The van der Waals surface area contributed by atoms with Crippen LogP contribution in [0, 0.1) is 5.92 Å². The van der Waals surface area contributed by atoms with Gasteiger partial charge in [0.15, 0.2) is 0 Å². The van der Waals surface area contributed by atoms with Gasteiger partial charge in [0.2, 0.25) is 5.91 Å². The second-order valence-corrected chi connectivity index (χ2v) is 10.6. The van der Waals surface area contributed by atoms with Crippen molar-refractivity contribution in [2.45, 2.75) is 63.4 Å². The molecule has 1 saturated heterocycles. The van der Waals surface area contributed by atoms with Crippen molar-refractivity contribution >= 4 is 28.0 Å². The molecule has 0 bridgehead atoms. The molecule has 2 N–H and O–H groups in total. The van der Waals surface area contributed by atoms with Crippen molar-refractivity contribution in [3.63, 3.8) is 0 Å². The van der Waals surface area contributed by atoms with Crippen molar-refractivity contribution in [3.8, 4) is 0 Å². The lowest BCUT2D eigenvalue weighted by Crippen LogP contribution is -2.41. The fraction of sp³-hybridized carbons (Fsp3) is 0.591. The smallest absolute Gasteiger partial charge is 0.410 e. The van der Waals surface area contributed by atoms with E-state index >= 15 is 0 Å². The fourth-order valence-corrected chi connectivity index (χ4v) is 4.07. The molecule has 1 aromatic carbocycles. The number of hydrogen-bond acceptors (Lipinski definition) is 7. The van der Waals surface area contributed by atoms with E-state index in [1.54, 1.807) is 28.0 Å². The predicted molar refractivity (Wildman–Crippen MR) is 120 cm³/mol. The van der Waals surface area contributed by atoms with Crippen LogP contribution in [0.1, 0.15) is 52.9 Å². The summed E-state index contributed by atoms with van der Waals surface area (Å²) in [7, 11) is -3.95. The lowest BCUT2D eigenvalue weighted by Gasteiger charge is -2.33. The van der Waals surface area contributed by atoms with Crippen molar-refractivity contribution in [1.82, 2.24) is 15.1 Å². The molecule has 0 aromatic heterocycles. The number of rotatable bonds is 9. The maximum absolute atomic E-state index is 12.1. The summed E-state index contributed by atoms with van der Waals surface area (Å²) in [4.78, 5) is 43.9. The summed E-state index contributed by atoms with van der Waals surface area (Å²) in [6.07, 6.45) is 2.14. The van der Waals surface area contributed by atoms with Gasteiger partial charge in [-0.15, -0.1) is 0 Å². The highest BCUT2D eigenvalue weighted by Crippen LogP contribution is 2.23. The van der Waals surface area contributed by atoms with Crippen LogP contribution in [0.15, 0.2) is 35.2 Å². The zero-order chi connectivity index (χ0) is 24.5. The Labute approximate surface area is 195 Å². The van der Waals surface area contributed by atoms with Gasteiger partial charge in [0, 0.05) is 26.1 Å². The van der Waals surface area contributed by atoms with Gasteiger partial charge >= 0.3 is 12.1 Å². The summed E-state index contributed by atoms with van der Waals surface area (Å²) in [6.45, 7) is 6.75. The van der Waals surface area contributed by atoms with Crippen LogP contribution in [0.4, 0.5) is 4.79 Å². The lowest BCUT2D eigenvalue weighted by molar-refractivity contribution is -0.147. The second kappa shape index (κ2) is 12.0. The largest absolute Gasteiger partial charge is 0.444 e. The molecule has 33 heavy (non-hydrogen) atoms. The molecule has 1 aliphatic rings. The van der Waals surface area contributed by atoms with Crippen LogP contribution in [0.2, 0.25) is 0 Å². The third kappa shape index (κ3) is 9.79. The molecule has 1 heterocycles. The minimum absolute atomic E-state index is 0.0250. The van der Waals surface area contributed by atoms with Gasteiger partial charge in [-0.25, -0.2) is 13.2 Å². The number of hydrogen-bond donors (Lipinski definition) is 2. The number of nitrogens with one attached hydrogen (secondary N) is 2. The minimum atomic E-state index is -3.95. The third-order valence-corrected chi connectivity index (χ3v) is 6.21. The third-order valence-electron chi connectivity index (χ3n) is 5.02. The van der Waals surface area contributed by atoms with Crippen LogP contribution in [-0.4, -0.2) is 56.5 Å². The molecule has 0 atom stereocenters. The Morgan fingerprint density at radius 2 is 1.70 bits per heavy atom. The Balaban J connectivity index is 1.58. The van der Waals surface area contributed by atoms with E-state index in [9.17, 15) is 22.8 Å². The molecule has 2 amide bonds. The average molecular weight is 484 g/mol. The van der Waals surface area contributed by atoms with Crippen LogP contribution in [0.3, 0.4) is 0 Å². The SMILES string of the molecule is CC(C)(C)OC(=O)N1CCC(CCC(=O)NCCC(=O)ONS(=O)(=O)c2ccccc2)CC1. The first kappa shape index (κ1) is 26.6. The van der Waals surface area contributed by atoms with Gasteiger partial charge in [0.1, 0.15) is 5.60 Å². The summed E-state index contributed by atoms with van der Waals surface area (Å²) in [5, 5.41) is 2.63. The number of likely N-dealkylation sites (tertiary alicyclic amines) is 1. The second-order valence-electron chi connectivity index (χ2n) is 8.92. The van der Waals surface area contributed by atoms with E-state index < -0.39 is 21.6 Å². The van der Waals surface area contributed by atoms with Crippen molar-refractivity contribution in [2.24, 2.45) is 5.92 Å². The van der Waals surface area contributed by atoms with Crippen molar-refractivity contribution in [1.29, 1.82) is 0 Å². The zero-order valence-corrected chi connectivity index (χ0v) is 20.2. The van der Waals surface area contributed by atoms with Crippen LogP contribution in [-0.2, 0) is 29.2 Å². The van der Waals surface area contributed by atoms with E-state index in [-0.39, 0.29) is 29.9 Å². The Hall–Kier alpha value is -2.66. The van der Waals surface area contributed by atoms with E-state index in [1.807, 2.05) is 20.8 Å². The van der Waals surface area contributed by atoms with Crippen molar-refractivity contribution in [2.75, 3.05) is 19.6 Å². The van der Waals surface area contributed by atoms with Crippen LogP contribution >= 0.6 is 0 Å². The summed E-state index contributed by atoms with van der Waals surface area (Å²) >= 11 is 0. The van der Waals surface area contributed by atoms with E-state index in [1.165, 1.54) is 12.1 Å². The van der Waals surface area contributed by atoms with Gasteiger partial charge in [-0.2, -0.15) is 0 Å². The quantitative estimate of drug-likeness (QED) is 0.516. The molecule has 11 heteroatoms. The zero-order valence-electron chi connectivity index (χ0n) is 19.3. The Bertz CT molecular complexity index is 906. The molecule has 1 aromatic rings. The van der Waals surface area contributed by atoms with E-state index in [0.29, 0.717) is 31.8 Å². The maximum atomic E-state index is 12.1. The standard InChI is InChI=1S/C22H33N3O7S/c1-22(2,3)31-21(28)25-15-12-17(13-16-25)9-10-19(26)23-14-11-20(27)32-24-33(29,30)18-7-5-4-6-8-18/h4-8,17,24H,9-16H2,1-3H3,(H,23,26). The van der Waals surface area contributed by atoms with E-state index in [2.05, 4.69) is 10.2 Å². The number of piperidine rings is 1. The first-order chi connectivity index (χ1) is 15.5. The number of ether oxygens (including phenoxy) is 1. The molecule has 10 nitrogen and oxygen atoms in total. The molecule has 0 unspecified atom stereocenters. The van der Waals surface area contributed by atoms with Crippen LogP contribution in [0.25, 0.3) is 0 Å². The predicted octanol–water partition coefficient (Wildman–Crippen LogP) is 2.36. The Kier molecular flexibility index (Phi) is 9.66. The summed E-state index contributed by atoms with van der Waals surface area (Å²) in [6, 6.07) is 7.52. The number of carbonyl (C=O) groups is 3. The van der Waals surface area contributed by atoms with Gasteiger partial charge in [-0.3, -0.25) is 9.59 Å². The molecule has 0 saturated carbocycles. The van der Waals surface area contributed by atoms with Gasteiger partial charge in [-0.05, 0) is 63.0 Å². The van der Waals surface area contributed by atoms with Gasteiger partial charge in [-0.1, -0.05) is 18.2 Å². The number of amides is 2. The Morgan fingerprint density at radius 1 is 1.06 bits per heavy atom. The highest BCUT2D eigenvalue weighted by atomic mass is 32.2. The van der Waals surface area contributed by atoms with E-state index in [0.717, 1.165) is 12.8 Å². The number of benzene rings is 1. The number of carbonyl (C=O) groups excluding carboxylic acids is 3. The molecule has 2 rings (SSSR count). The normalized spacial score (nSPS) is 15.1. The summed E-state index contributed by atoms with van der Waals surface area (Å²) in [5.74, 6) is -0.654. The molecule has 1 fully saturated rings. The lowest BCUT2D eigenvalue weighted by atomic mass is 9.92. The molecule has 0 spiro atoms. The van der Waals surface area contributed by atoms with Crippen LogP contribution in [0.5, 0.6) is 0 Å². The summed E-state index contributed by atoms with van der Waals surface area (Å²) in [5.41, 5.74) is -0.523. The van der Waals surface area contributed by atoms with Gasteiger partial charge < -0.3 is 19.8 Å². The first-order valence-electron chi connectivity index (χ1n) is 11.0. The molecule has 0 aliphatic carbocycles. The minimum Gasteiger partial charge on any atom is -0.444 e. The maximum Gasteiger partial charge on any atom is 0.410 e. The monoisotopic (exact) mass is 483 g/mol. The summed E-state index contributed by atoms with van der Waals surface area (Å²) < 4.78 is 29.4. The topological polar surface area (TPSA) is 131 Å². The first-order valence-corrected chi connectivity index (χ1v) is 12.5. The molecular weight excluding hydrogens is 450 g/mol. The van der Waals surface area contributed by atoms with Crippen molar-refractivity contribution in [3.05, 3.63) is 30.3 Å². The number of sulfonamides is 1. The molecular formula is C22H33N3O7S. The average Bonchev–Trinajstić information content (AvgIpc) is 2.76. The van der Waals surface area contributed by atoms with Gasteiger partial charge in [0.05, 0.1) is 11.3 Å². The Morgan fingerprint density at radius 3 is 2.30 bits per heavy atom. The van der Waals surface area contributed by atoms with Crippen LogP contribution < -0.4 is 10.2 Å². The molecule has 0 radical (unpaired) electrons. The van der Waals surface area contributed by atoms with Crippen molar-refractivity contribution < 1.29 is 32.4 Å². The molecule has 184 valence electrons. The number of nitrogens with zero attached hydrogens (tertiary/aromatic N) is 1. The highest BCUT2D eigenvalue weighted by Gasteiger charge is 2.27. The fourth-order valence-electron chi connectivity index (χ4n) is 3.26. The van der Waals surface area contributed by atoms with E-state index in [4.69, 9.17) is 4.74 Å². The molecule has 1 aliphatic heterocycles. The van der Waals surface area contributed by atoms with Gasteiger partial charge in [0.25, 0.3) is 10.0 Å². The highest BCUT2D eigenvalue weighted by molar-refractivity contribution is 7.89.